The van der Waals surface area contributed by atoms with Crippen molar-refractivity contribution >= 4 is 34.0 Å². The standard InChI is InChI=1S/C26H29N3O3/c1-3-29(23-11-6-9-19-8-4-5-10-22(19)23)25(30)18-28-17-7-12-24(28)26(31)27-20-13-15-21(32-2)16-14-20/h4-6,8-11,13-16,24H,3,7,12,17-18H2,1-2H3,(H,27,31). The fourth-order valence-corrected chi connectivity index (χ4v) is 4.40. The summed E-state index contributed by atoms with van der Waals surface area (Å²) < 4.78 is 5.17. The maximum Gasteiger partial charge on any atom is 0.241 e. The Bertz CT molecular complexity index is 1090. The molecule has 0 spiro atoms. The first-order chi connectivity index (χ1) is 15.6. The van der Waals surface area contributed by atoms with Gasteiger partial charge in [0.05, 0.1) is 25.4 Å². The second kappa shape index (κ2) is 9.83. The van der Waals surface area contributed by atoms with Crippen LogP contribution in [0.1, 0.15) is 19.8 Å². The van der Waals surface area contributed by atoms with Crippen LogP contribution in [0.15, 0.2) is 66.7 Å². The predicted molar refractivity (Wildman–Crippen MR) is 128 cm³/mol. The van der Waals surface area contributed by atoms with Crippen molar-refractivity contribution in [2.45, 2.75) is 25.8 Å². The molecule has 0 bridgehead atoms. The maximum atomic E-state index is 13.3. The normalized spacial score (nSPS) is 16.1. The summed E-state index contributed by atoms with van der Waals surface area (Å²) in [7, 11) is 1.61. The van der Waals surface area contributed by atoms with E-state index in [0.717, 1.165) is 47.3 Å². The first kappa shape index (κ1) is 21.8. The molecule has 1 aliphatic heterocycles. The number of fused-ring (bicyclic) bond motifs is 1. The molecule has 0 aliphatic carbocycles. The fourth-order valence-electron chi connectivity index (χ4n) is 4.40. The first-order valence-corrected chi connectivity index (χ1v) is 11.1. The number of anilines is 2. The van der Waals surface area contributed by atoms with Crippen LogP contribution in [-0.4, -0.2) is 49.5 Å². The molecule has 1 fully saturated rings. The number of carbonyl (C=O) groups excluding carboxylic acids is 2. The van der Waals surface area contributed by atoms with Crippen molar-refractivity contribution in [3.05, 3.63) is 66.7 Å². The summed E-state index contributed by atoms with van der Waals surface area (Å²) in [5, 5.41) is 5.14. The number of hydrogen-bond donors (Lipinski definition) is 1. The van der Waals surface area contributed by atoms with E-state index in [1.807, 2.05) is 71.3 Å². The summed E-state index contributed by atoms with van der Waals surface area (Å²) in [6.07, 6.45) is 1.64. The van der Waals surface area contributed by atoms with E-state index in [4.69, 9.17) is 4.74 Å². The van der Waals surface area contributed by atoms with Crippen LogP contribution in [-0.2, 0) is 9.59 Å². The molecule has 0 aromatic heterocycles. The molecule has 1 saturated heterocycles. The van der Waals surface area contributed by atoms with Gasteiger partial charge in [-0.3, -0.25) is 14.5 Å². The zero-order chi connectivity index (χ0) is 22.5. The Balaban J connectivity index is 1.46. The van der Waals surface area contributed by atoms with E-state index in [9.17, 15) is 9.59 Å². The number of nitrogens with one attached hydrogen (secondary N) is 1. The number of amides is 2. The molecule has 32 heavy (non-hydrogen) atoms. The fraction of sp³-hybridized carbons (Fsp3) is 0.308. The minimum Gasteiger partial charge on any atom is -0.497 e. The van der Waals surface area contributed by atoms with Crippen LogP contribution in [0.25, 0.3) is 10.8 Å². The van der Waals surface area contributed by atoms with Gasteiger partial charge >= 0.3 is 0 Å². The van der Waals surface area contributed by atoms with Gasteiger partial charge in [-0.05, 0) is 62.0 Å². The highest BCUT2D eigenvalue weighted by Gasteiger charge is 2.33. The largest absolute Gasteiger partial charge is 0.497 e. The van der Waals surface area contributed by atoms with Crippen molar-refractivity contribution in [1.82, 2.24) is 4.90 Å². The SMILES string of the molecule is CCN(C(=O)CN1CCCC1C(=O)Nc1ccc(OC)cc1)c1cccc2ccccc12. The molecule has 4 rings (SSSR count). The number of benzene rings is 3. The Kier molecular flexibility index (Phi) is 6.71. The highest BCUT2D eigenvalue weighted by atomic mass is 16.5. The van der Waals surface area contributed by atoms with Crippen molar-refractivity contribution in [1.29, 1.82) is 0 Å². The van der Waals surface area contributed by atoms with Crippen LogP contribution in [0.4, 0.5) is 11.4 Å². The molecule has 6 heteroatoms. The van der Waals surface area contributed by atoms with E-state index in [2.05, 4.69) is 17.4 Å². The summed E-state index contributed by atoms with van der Waals surface area (Å²) in [5.41, 5.74) is 1.63. The highest BCUT2D eigenvalue weighted by molar-refractivity contribution is 6.04. The highest BCUT2D eigenvalue weighted by Crippen LogP contribution is 2.27. The summed E-state index contributed by atoms with van der Waals surface area (Å²) in [5.74, 6) is 0.672. The van der Waals surface area contributed by atoms with Crippen molar-refractivity contribution in [2.24, 2.45) is 0 Å². The van der Waals surface area contributed by atoms with Crippen molar-refractivity contribution < 1.29 is 14.3 Å². The number of ether oxygens (including phenoxy) is 1. The summed E-state index contributed by atoms with van der Waals surface area (Å²) in [6.45, 7) is 3.51. The number of methoxy groups -OCH3 is 1. The van der Waals surface area contributed by atoms with Crippen LogP contribution in [0.2, 0.25) is 0 Å². The molecular formula is C26H29N3O3. The third-order valence-electron chi connectivity index (χ3n) is 6.04. The van der Waals surface area contributed by atoms with Gasteiger partial charge in [-0.25, -0.2) is 0 Å². The quantitative estimate of drug-likeness (QED) is 0.606. The van der Waals surface area contributed by atoms with Gasteiger partial charge in [-0.1, -0.05) is 36.4 Å². The van der Waals surface area contributed by atoms with E-state index in [0.29, 0.717) is 6.54 Å². The number of likely N-dealkylation sites (tertiary alicyclic amines) is 1. The van der Waals surface area contributed by atoms with Gasteiger partial charge in [0, 0.05) is 17.6 Å². The lowest BCUT2D eigenvalue weighted by molar-refractivity contribution is -0.123. The topological polar surface area (TPSA) is 61.9 Å². The molecule has 1 atom stereocenters. The average Bonchev–Trinajstić information content (AvgIpc) is 3.28. The summed E-state index contributed by atoms with van der Waals surface area (Å²) in [4.78, 5) is 30.1. The number of carbonyl (C=O) groups is 2. The Morgan fingerprint density at radius 1 is 1.06 bits per heavy atom. The van der Waals surface area contributed by atoms with Gasteiger partial charge < -0.3 is 15.0 Å². The van der Waals surface area contributed by atoms with E-state index in [1.165, 1.54) is 0 Å². The lowest BCUT2D eigenvalue weighted by Crippen LogP contribution is -2.46. The molecule has 1 aliphatic rings. The molecule has 1 heterocycles. The lowest BCUT2D eigenvalue weighted by Gasteiger charge is -2.28. The Morgan fingerprint density at radius 2 is 1.81 bits per heavy atom. The summed E-state index contributed by atoms with van der Waals surface area (Å²) in [6, 6.07) is 21.1. The number of hydrogen-bond acceptors (Lipinski definition) is 4. The Morgan fingerprint density at radius 3 is 2.56 bits per heavy atom. The van der Waals surface area contributed by atoms with Crippen LogP contribution in [0.5, 0.6) is 5.75 Å². The van der Waals surface area contributed by atoms with Crippen molar-refractivity contribution in [3.63, 3.8) is 0 Å². The molecule has 6 nitrogen and oxygen atoms in total. The van der Waals surface area contributed by atoms with Crippen LogP contribution < -0.4 is 15.0 Å². The van der Waals surface area contributed by atoms with Gasteiger partial charge in [-0.2, -0.15) is 0 Å². The zero-order valence-corrected chi connectivity index (χ0v) is 18.6. The van der Waals surface area contributed by atoms with Crippen molar-refractivity contribution in [3.8, 4) is 5.75 Å². The number of likely N-dealkylation sites (N-methyl/N-ethyl adjacent to an activating group) is 1. The molecule has 2 amide bonds. The van der Waals surface area contributed by atoms with Gasteiger partial charge in [-0.15, -0.1) is 0 Å². The van der Waals surface area contributed by atoms with Gasteiger partial charge in [0.2, 0.25) is 11.8 Å². The minimum absolute atomic E-state index is 0.00741. The second-order valence-electron chi connectivity index (χ2n) is 7.98. The van der Waals surface area contributed by atoms with Crippen molar-refractivity contribution in [2.75, 3.05) is 37.0 Å². The summed E-state index contributed by atoms with van der Waals surface area (Å²) >= 11 is 0. The van der Waals surface area contributed by atoms with E-state index in [-0.39, 0.29) is 24.4 Å². The third kappa shape index (κ3) is 4.60. The van der Waals surface area contributed by atoms with E-state index in [1.54, 1.807) is 7.11 Å². The van der Waals surface area contributed by atoms with Gasteiger partial charge in [0.25, 0.3) is 0 Å². The molecule has 3 aromatic carbocycles. The van der Waals surface area contributed by atoms with Crippen LogP contribution in [0, 0.1) is 0 Å². The monoisotopic (exact) mass is 431 g/mol. The van der Waals surface area contributed by atoms with Crippen LogP contribution in [0.3, 0.4) is 0 Å². The zero-order valence-electron chi connectivity index (χ0n) is 18.6. The molecule has 1 unspecified atom stereocenters. The lowest BCUT2D eigenvalue weighted by atomic mass is 10.1. The molecule has 3 aromatic rings. The second-order valence-corrected chi connectivity index (χ2v) is 7.98. The molecular weight excluding hydrogens is 402 g/mol. The minimum atomic E-state index is -0.313. The van der Waals surface area contributed by atoms with Gasteiger partial charge in [0.15, 0.2) is 0 Å². The van der Waals surface area contributed by atoms with E-state index >= 15 is 0 Å². The molecule has 0 saturated carbocycles. The smallest absolute Gasteiger partial charge is 0.241 e. The maximum absolute atomic E-state index is 13.3. The molecule has 1 N–H and O–H groups in total. The number of nitrogens with zero attached hydrogens (tertiary/aromatic N) is 2. The van der Waals surface area contributed by atoms with Crippen LogP contribution >= 0.6 is 0 Å². The average molecular weight is 432 g/mol. The van der Waals surface area contributed by atoms with Gasteiger partial charge in [0.1, 0.15) is 5.75 Å². The Hall–Kier alpha value is -3.38. The Labute approximate surface area is 188 Å². The molecule has 166 valence electrons. The predicted octanol–water partition coefficient (Wildman–Crippen LogP) is 4.30. The first-order valence-electron chi connectivity index (χ1n) is 11.1. The number of rotatable bonds is 7. The van der Waals surface area contributed by atoms with E-state index < -0.39 is 0 Å². The third-order valence-corrected chi connectivity index (χ3v) is 6.04. The molecule has 0 radical (unpaired) electrons.